The molecule has 2 fully saturated rings. The topological polar surface area (TPSA) is 153 Å². The van der Waals surface area contributed by atoms with E-state index in [1.165, 1.54) is 12.8 Å². The molecule has 0 heterocycles. The SMILES string of the molecule is N[C-]1CCCC[C@H]1N.O=C(O)C1CCCC1.O=[N+]([O-])O.[Pt]. The van der Waals surface area contributed by atoms with Gasteiger partial charge in [-0.1, -0.05) is 32.1 Å². The molecule has 0 aromatic rings. The van der Waals surface area contributed by atoms with Gasteiger partial charge in [0.2, 0.25) is 0 Å². The summed E-state index contributed by atoms with van der Waals surface area (Å²) in [4.78, 5) is 18.6. The number of nitrogens with two attached hydrogens (primary N) is 2. The zero-order valence-corrected chi connectivity index (χ0v) is 14.1. The molecule has 2 aliphatic rings. The summed E-state index contributed by atoms with van der Waals surface area (Å²) in [5, 5.41) is 22.1. The van der Waals surface area contributed by atoms with Crippen LogP contribution in [0, 0.1) is 22.1 Å². The summed E-state index contributed by atoms with van der Waals surface area (Å²) in [6, 6.07) is 1.19. The van der Waals surface area contributed by atoms with Crippen LogP contribution in [0.3, 0.4) is 0 Å². The van der Waals surface area contributed by atoms with Gasteiger partial charge in [-0.15, -0.1) is 16.2 Å². The van der Waals surface area contributed by atoms with Gasteiger partial charge in [-0.3, -0.25) is 4.79 Å². The quantitative estimate of drug-likeness (QED) is 0.248. The Kier molecular flexibility index (Phi) is 13.9. The van der Waals surface area contributed by atoms with Crippen LogP contribution in [-0.4, -0.2) is 27.4 Å². The molecule has 6 N–H and O–H groups in total. The maximum Gasteiger partial charge on any atom is 0.306 e. The predicted octanol–water partition coefficient (Wildman–Crippen LogP) is 1.29. The van der Waals surface area contributed by atoms with Gasteiger partial charge in [-0.25, -0.2) is 6.04 Å². The molecule has 0 amide bonds. The van der Waals surface area contributed by atoms with E-state index in [9.17, 15) is 4.79 Å². The third-order valence-electron chi connectivity index (χ3n) is 3.41. The molecular weight excluding hydrogens is 461 g/mol. The molecule has 0 aromatic heterocycles. The Balaban J connectivity index is 0. The summed E-state index contributed by atoms with van der Waals surface area (Å²) in [5.74, 6) is -0.627. The zero-order valence-electron chi connectivity index (χ0n) is 11.8. The second kappa shape index (κ2) is 13.0. The van der Waals surface area contributed by atoms with E-state index >= 15 is 0 Å². The molecule has 9 heteroatoms. The summed E-state index contributed by atoms with van der Waals surface area (Å²) in [6.07, 6.45) is 8.63. The number of nitrogens with zero attached hydrogens (tertiary/aromatic N) is 1. The number of carboxylic acid groups (broad SMARTS) is 1. The van der Waals surface area contributed by atoms with Gasteiger partial charge in [-0.05, 0) is 12.8 Å². The molecule has 1 atom stereocenters. The fourth-order valence-electron chi connectivity index (χ4n) is 2.24. The van der Waals surface area contributed by atoms with Crippen LogP contribution in [0.1, 0.15) is 51.4 Å². The zero-order chi connectivity index (χ0) is 15.5. The van der Waals surface area contributed by atoms with Gasteiger partial charge in [0.25, 0.3) is 5.09 Å². The van der Waals surface area contributed by atoms with Crippen LogP contribution in [0.2, 0.25) is 0 Å². The normalized spacial score (nSPS) is 21.9. The van der Waals surface area contributed by atoms with E-state index in [-0.39, 0.29) is 33.0 Å². The van der Waals surface area contributed by atoms with E-state index in [1.807, 2.05) is 0 Å². The minimum atomic E-state index is -1.50. The van der Waals surface area contributed by atoms with Gasteiger partial charge in [0, 0.05) is 21.1 Å². The van der Waals surface area contributed by atoms with Crippen LogP contribution in [0.4, 0.5) is 0 Å². The molecule has 0 aromatic carbocycles. The smallest absolute Gasteiger partial charge is 0.306 e. The molecule has 0 bridgehead atoms. The van der Waals surface area contributed by atoms with Gasteiger partial charge in [0.15, 0.2) is 0 Å². The molecule has 21 heavy (non-hydrogen) atoms. The number of carbonyl (C=O) groups is 1. The fraction of sp³-hybridized carbons (Fsp3) is 0.833. The van der Waals surface area contributed by atoms with Gasteiger partial charge in [0.05, 0.1) is 5.92 Å². The molecule has 128 valence electrons. The third-order valence-corrected chi connectivity index (χ3v) is 3.41. The maximum absolute atomic E-state index is 10.2. The molecule has 0 saturated heterocycles. The van der Waals surface area contributed by atoms with Crippen LogP contribution in [0.5, 0.6) is 0 Å². The summed E-state index contributed by atoms with van der Waals surface area (Å²) in [7, 11) is 0. The first-order valence-corrected chi connectivity index (χ1v) is 6.77. The Morgan fingerprint density at radius 2 is 1.62 bits per heavy atom. The van der Waals surface area contributed by atoms with Crippen molar-refractivity contribution in [2.45, 2.75) is 57.4 Å². The van der Waals surface area contributed by atoms with Crippen molar-refractivity contribution >= 4 is 5.97 Å². The number of hydrogen-bond acceptors (Lipinski definition) is 5. The standard InChI is InChI=1S/C6H13N2.C6H10O2.HNO3.Pt/c7-5-3-1-2-4-6(5)8;7-6(8)5-3-1-2-4-5;2-1(3)4;/h5H,1-4,7-8H2;5H,1-4H2,(H,7,8);(H,2,3,4);/q-1;;;/t5-;;;/m1.../s1. The van der Waals surface area contributed by atoms with Crippen LogP contribution in [0.15, 0.2) is 0 Å². The van der Waals surface area contributed by atoms with Crippen LogP contribution < -0.4 is 11.5 Å². The van der Waals surface area contributed by atoms with Crippen molar-refractivity contribution < 1.29 is 41.3 Å². The van der Waals surface area contributed by atoms with E-state index in [2.05, 4.69) is 0 Å². The van der Waals surface area contributed by atoms with Crippen molar-refractivity contribution in [3.8, 4) is 0 Å². The predicted molar refractivity (Wildman–Crippen MR) is 72.2 cm³/mol. The molecule has 0 unspecified atom stereocenters. The first-order chi connectivity index (χ1) is 9.34. The second-order valence-electron chi connectivity index (χ2n) is 4.98. The number of aliphatic carboxylic acids is 1. The maximum atomic E-state index is 10.2. The Morgan fingerprint density at radius 3 is 1.86 bits per heavy atom. The Labute approximate surface area is 138 Å². The largest absolute Gasteiger partial charge is 0.481 e. The van der Waals surface area contributed by atoms with Crippen molar-refractivity contribution in [2.24, 2.45) is 17.4 Å². The van der Waals surface area contributed by atoms with E-state index in [0.717, 1.165) is 44.6 Å². The first kappa shape index (κ1) is 22.6. The Bertz CT molecular complexity index is 287. The molecule has 0 spiro atoms. The van der Waals surface area contributed by atoms with Crippen LogP contribution in [0.25, 0.3) is 0 Å². The molecule has 2 rings (SSSR count). The van der Waals surface area contributed by atoms with Crippen LogP contribution in [-0.2, 0) is 25.9 Å². The second-order valence-corrected chi connectivity index (χ2v) is 4.98. The van der Waals surface area contributed by atoms with E-state index in [4.69, 9.17) is 31.9 Å². The van der Waals surface area contributed by atoms with Crippen molar-refractivity contribution in [1.82, 2.24) is 0 Å². The van der Waals surface area contributed by atoms with Crippen molar-refractivity contribution in [3.05, 3.63) is 16.2 Å². The number of hydrogen-bond donors (Lipinski definition) is 4. The summed E-state index contributed by atoms with van der Waals surface area (Å²) < 4.78 is 0. The third kappa shape index (κ3) is 12.7. The molecule has 0 radical (unpaired) electrons. The average molecular weight is 485 g/mol. The number of rotatable bonds is 1. The first-order valence-electron chi connectivity index (χ1n) is 6.77. The van der Waals surface area contributed by atoms with Crippen molar-refractivity contribution in [1.29, 1.82) is 0 Å². The van der Waals surface area contributed by atoms with E-state index in [1.54, 1.807) is 0 Å². The number of carboxylic acids is 1. The molecule has 2 aliphatic carbocycles. The Hall–Kier alpha value is -0.722. The summed E-state index contributed by atoms with van der Waals surface area (Å²) in [5.41, 5.74) is 11.2. The van der Waals surface area contributed by atoms with Gasteiger partial charge < -0.3 is 21.8 Å². The molecule has 2 saturated carbocycles. The van der Waals surface area contributed by atoms with E-state index < -0.39 is 11.1 Å². The summed E-state index contributed by atoms with van der Waals surface area (Å²) >= 11 is 0. The summed E-state index contributed by atoms with van der Waals surface area (Å²) in [6.45, 7) is 0. The molecule has 8 nitrogen and oxygen atoms in total. The van der Waals surface area contributed by atoms with Gasteiger partial charge >= 0.3 is 5.97 Å². The minimum absolute atomic E-state index is 0. The monoisotopic (exact) mass is 485 g/mol. The van der Waals surface area contributed by atoms with Gasteiger partial charge in [-0.2, -0.15) is 6.42 Å². The van der Waals surface area contributed by atoms with Crippen molar-refractivity contribution in [3.63, 3.8) is 0 Å². The fourth-order valence-corrected chi connectivity index (χ4v) is 2.24. The molecular formula is C12H24N3O5Pt-. The Morgan fingerprint density at radius 1 is 1.19 bits per heavy atom. The molecule has 0 aliphatic heterocycles. The van der Waals surface area contributed by atoms with Gasteiger partial charge in [0.1, 0.15) is 0 Å². The van der Waals surface area contributed by atoms with E-state index in [0.29, 0.717) is 0 Å². The average Bonchev–Trinajstić information content (AvgIpc) is 2.87. The minimum Gasteiger partial charge on any atom is -0.481 e. The van der Waals surface area contributed by atoms with Crippen LogP contribution >= 0.6 is 0 Å². The van der Waals surface area contributed by atoms with Crippen molar-refractivity contribution in [2.75, 3.05) is 0 Å².